The quantitative estimate of drug-likeness (QED) is 0.341. The molecule has 2 heterocycles. The van der Waals surface area contributed by atoms with Crippen LogP contribution >= 0.6 is 11.6 Å². The minimum atomic E-state index is -0.966. The van der Waals surface area contributed by atoms with E-state index in [4.69, 9.17) is 18.0 Å². The molecular formula is C26H17ClF2N4. The van der Waals surface area contributed by atoms with Crippen molar-refractivity contribution in [1.29, 1.82) is 0 Å². The van der Waals surface area contributed by atoms with Crippen LogP contribution < -0.4 is 5.32 Å². The number of nitrogens with one attached hydrogen (secondary N) is 1. The average Bonchev–Trinajstić information content (AvgIpc) is 2.96. The van der Waals surface area contributed by atoms with Crippen molar-refractivity contribution in [3.63, 3.8) is 0 Å². The summed E-state index contributed by atoms with van der Waals surface area (Å²) < 4.78 is 28.8. The van der Waals surface area contributed by atoms with Crippen LogP contribution in [-0.4, -0.2) is 15.7 Å². The first-order valence-corrected chi connectivity index (χ1v) is 10.2. The van der Waals surface area contributed by atoms with E-state index in [-0.39, 0.29) is 17.8 Å². The van der Waals surface area contributed by atoms with Gasteiger partial charge in [0, 0.05) is 39.2 Å². The Morgan fingerprint density at radius 3 is 2.58 bits per heavy atom. The Morgan fingerprint density at radius 2 is 1.91 bits per heavy atom. The molecule has 0 atom stereocenters. The second-order valence-corrected chi connectivity index (χ2v) is 7.54. The third-order valence-electron chi connectivity index (χ3n) is 5.00. The third-order valence-corrected chi connectivity index (χ3v) is 5.23. The van der Waals surface area contributed by atoms with Gasteiger partial charge >= 0.3 is 0 Å². The minimum Gasteiger partial charge on any atom is -0.324 e. The van der Waals surface area contributed by atoms with E-state index >= 15 is 0 Å². The van der Waals surface area contributed by atoms with E-state index in [0.29, 0.717) is 33.4 Å². The fourth-order valence-electron chi connectivity index (χ4n) is 3.45. The van der Waals surface area contributed by atoms with E-state index < -0.39 is 11.7 Å². The number of benzene rings is 2. The Kier molecular flexibility index (Phi) is 6.16. The van der Waals surface area contributed by atoms with Crippen LogP contribution in [0.4, 0.5) is 20.4 Å². The van der Waals surface area contributed by atoms with Gasteiger partial charge in [-0.1, -0.05) is 36.7 Å². The number of fused-ring (bicyclic) bond motifs is 3. The number of aromatic nitrogens is 2. The molecular weight excluding hydrogens is 442 g/mol. The van der Waals surface area contributed by atoms with Gasteiger partial charge in [0.2, 0.25) is 5.95 Å². The molecule has 4 rings (SSSR count). The summed E-state index contributed by atoms with van der Waals surface area (Å²) in [6.07, 6.45) is 7.94. The second-order valence-electron chi connectivity index (χ2n) is 7.10. The van der Waals surface area contributed by atoms with Gasteiger partial charge < -0.3 is 5.32 Å². The predicted octanol–water partition coefficient (Wildman–Crippen LogP) is 6.72. The lowest BCUT2D eigenvalue weighted by Gasteiger charge is -2.14. The van der Waals surface area contributed by atoms with Gasteiger partial charge in [0.1, 0.15) is 11.7 Å². The first-order valence-electron chi connectivity index (χ1n) is 9.83. The number of terminal acetylenes is 1. The number of allylic oxidation sites excluding steroid dienone is 4. The molecule has 0 unspecified atom stereocenters. The van der Waals surface area contributed by atoms with Crippen molar-refractivity contribution < 1.29 is 8.78 Å². The van der Waals surface area contributed by atoms with Crippen molar-refractivity contribution >= 4 is 28.9 Å². The standard InChI is InChI=1S/C26H17ClF2N4/c1-4-16-6-9-19(10-7-16)32-26-31-14-17-13-30-25(23(15(3)28)22(29)5-2)21-12-18(27)8-11-20(21)24(17)33-26/h1,5-12,14H,2-3,13H2,(H,31,32,33)/b23-22-. The first kappa shape index (κ1) is 22.1. The summed E-state index contributed by atoms with van der Waals surface area (Å²) in [5.41, 5.74) is 3.50. The Bertz CT molecular complexity index is 1380. The van der Waals surface area contributed by atoms with Crippen molar-refractivity contribution in [3.05, 3.63) is 107 Å². The van der Waals surface area contributed by atoms with Gasteiger partial charge in [-0.3, -0.25) is 4.99 Å². The lowest BCUT2D eigenvalue weighted by Crippen LogP contribution is -2.09. The average molecular weight is 459 g/mol. The van der Waals surface area contributed by atoms with Gasteiger partial charge in [-0.15, -0.1) is 6.42 Å². The lowest BCUT2D eigenvalue weighted by molar-refractivity contribution is 0.624. The molecule has 1 aliphatic heterocycles. The monoisotopic (exact) mass is 458 g/mol. The molecule has 162 valence electrons. The Balaban J connectivity index is 1.83. The molecule has 0 amide bonds. The molecule has 0 fully saturated rings. The zero-order chi connectivity index (χ0) is 23.5. The zero-order valence-corrected chi connectivity index (χ0v) is 18.1. The molecule has 33 heavy (non-hydrogen) atoms. The van der Waals surface area contributed by atoms with Gasteiger partial charge in [0.25, 0.3) is 0 Å². The molecule has 0 bridgehead atoms. The molecule has 0 saturated carbocycles. The van der Waals surface area contributed by atoms with Crippen LogP contribution in [0, 0.1) is 12.3 Å². The first-order chi connectivity index (χ1) is 15.9. The fraction of sp³-hybridized carbons (Fsp3) is 0.0385. The van der Waals surface area contributed by atoms with E-state index in [2.05, 4.69) is 39.4 Å². The van der Waals surface area contributed by atoms with Crippen LogP contribution in [0.2, 0.25) is 5.02 Å². The molecule has 0 spiro atoms. The Labute approximate surface area is 195 Å². The van der Waals surface area contributed by atoms with Gasteiger partial charge in [-0.05, 0) is 42.5 Å². The van der Waals surface area contributed by atoms with Gasteiger partial charge in [-0.2, -0.15) is 0 Å². The van der Waals surface area contributed by atoms with Gasteiger partial charge in [0.15, 0.2) is 0 Å². The molecule has 1 N–H and O–H groups in total. The molecule has 1 aromatic heterocycles. The van der Waals surface area contributed by atoms with Crippen molar-refractivity contribution in [2.45, 2.75) is 6.54 Å². The Hall–Kier alpha value is -4.08. The maximum absolute atomic E-state index is 14.5. The maximum atomic E-state index is 14.5. The summed E-state index contributed by atoms with van der Waals surface area (Å²) in [4.78, 5) is 13.5. The van der Waals surface area contributed by atoms with E-state index in [1.54, 1.807) is 36.5 Å². The third kappa shape index (κ3) is 4.45. The normalized spacial score (nSPS) is 12.8. The van der Waals surface area contributed by atoms with Gasteiger partial charge in [0.05, 0.1) is 23.5 Å². The molecule has 4 nitrogen and oxygen atoms in total. The number of rotatable bonds is 5. The minimum absolute atomic E-state index is 0.0785. The summed E-state index contributed by atoms with van der Waals surface area (Å²) in [6, 6.07) is 12.3. The smallest absolute Gasteiger partial charge is 0.227 e. The van der Waals surface area contributed by atoms with E-state index in [1.807, 2.05) is 12.1 Å². The lowest BCUT2D eigenvalue weighted by atomic mass is 9.94. The van der Waals surface area contributed by atoms with Crippen molar-refractivity contribution in [2.75, 3.05) is 5.32 Å². The van der Waals surface area contributed by atoms with Gasteiger partial charge in [-0.25, -0.2) is 18.7 Å². The number of hydrogen-bond acceptors (Lipinski definition) is 4. The summed E-state index contributed by atoms with van der Waals surface area (Å²) >= 11 is 6.22. The zero-order valence-electron chi connectivity index (χ0n) is 17.4. The number of nitrogens with zero attached hydrogens (tertiary/aromatic N) is 3. The van der Waals surface area contributed by atoms with E-state index in [1.165, 1.54) is 0 Å². The fourth-order valence-corrected chi connectivity index (χ4v) is 3.62. The number of aliphatic imine (C=N–C) groups is 1. The van der Waals surface area contributed by atoms with Crippen LogP contribution in [0.25, 0.3) is 11.3 Å². The van der Waals surface area contributed by atoms with Crippen LogP contribution in [-0.2, 0) is 6.54 Å². The SMILES string of the molecule is C#Cc1ccc(Nc2ncc3c(n2)-c2ccc(Cl)cc2C(/C(C(=C)F)=C(\F)C=C)=NC3)cc1. The summed E-state index contributed by atoms with van der Waals surface area (Å²) in [6.45, 7) is 6.77. The van der Waals surface area contributed by atoms with Crippen LogP contribution in [0.1, 0.15) is 16.7 Å². The highest BCUT2D eigenvalue weighted by Crippen LogP contribution is 2.36. The molecule has 7 heteroatoms. The van der Waals surface area contributed by atoms with Crippen molar-refractivity contribution in [2.24, 2.45) is 4.99 Å². The number of hydrogen-bond donors (Lipinski definition) is 1. The number of anilines is 2. The molecule has 0 aliphatic carbocycles. The molecule has 0 radical (unpaired) electrons. The molecule has 0 saturated heterocycles. The van der Waals surface area contributed by atoms with Crippen molar-refractivity contribution in [1.82, 2.24) is 9.97 Å². The largest absolute Gasteiger partial charge is 0.324 e. The number of halogens is 3. The highest BCUT2D eigenvalue weighted by Gasteiger charge is 2.25. The predicted molar refractivity (Wildman–Crippen MR) is 129 cm³/mol. The van der Waals surface area contributed by atoms with Crippen LogP contribution in [0.5, 0.6) is 0 Å². The highest BCUT2D eigenvalue weighted by atomic mass is 35.5. The van der Waals surface area contributed by atoms with Crippen molar-refractivity contribution in [3.8, 4) is 23.6 Å². The Morgan fingerprint density at radius 1 is 1.15 bits per heavy atom. The summed E-state index contributed by atoms with van der Waals surface area (Å²) in [5.74, 6) is 1.07. The summed E-state index contributed by atoms with van der Waals surface area (Å²) in [7, 11) is 0. The topological polar surface area (TPSA) is 50.2 Å². The molecule has 3 aromatic rings. The summed E-state index contributed by atoms with van der Waals surface area (Å²) in [5, 5.41) is 3.52. The highest BCUT2D eigenvalue weighted by molar-refractivity contribution is 6.31. The molecule has 1 aliphatic rings. The van der Waals surface area contributed by atoms with Crippen LogP contribution in [0.3, 0.4) is 0 Å². The second kappa shape index (κ2) is 9.19. The van der Waals surface area contributed by atoms with Crippen LogP contribution in [0.15, 0.2) is 90.1 Å². The molecule has 2 aromatic carbocycles. The van der Waals surface area contributed by atoms with E-state index in [0.717, 1.165) is 17.3 Å². The maximum Gasteiger partial charge on any atom is 0.227 e. The van der Waals surface area contributed by atoms with E-state index in [9.17, 15) is 8.78 Å².